The summed E-state index contributed by atoms with van der Waals surface area (Å²) in [7, 11) is 0. The molecule has 0 aliphatic heterocycles. The Morgan fingerprint density at radius 1 is 1.22 bits per heavy atom. The number of aromatic hydroxyl groups is 1. The highest BCUT2D eigenvalue weighted by molar-refractivity contribution is 6.44. The van der Waals surface area contributed by atoms with Crippen LogP contribution in [0, 0.1) is 11.3 Å². The van der Waals surface area contributed by atoms with Crippen LogP contribution in [0.3, 0.4) is 0 Å². The number of anilines is 2. The molecule has 0 spiro atoms. The van der Waals surface area contributed by atoms with Gasteiger partial charge in [-0.05, 0) is 24.3 Å². The summed E-state index contributed by atoms with van der Waals surface area (Å²) in [5.41, 5.74) is 0.679. The molecule has 0 aliphatic carbocycles. The second-order valence-electron chi connectivity index (χ2n) is 4.42. The number of nitriles is 1. The summed E-state index contributed by atoms with van der Waals surface area (Å²) in [5.74, 6) is -0.568. The van der Waals surface area contributed by atoms with Gasteiger partial charge >= 0.3 is 0 Å². The van der Waals surface area contributed by atoms with E-state index in [9.17, 15) is 9.90 Å². The van der Waals surface area contributed by atoms with Gasteiger partial charge in [-0.3, -0.25) is 4.79 Å². The summed E-state index contributed by atoms with van der Waals surface area (Å²) >= 11 is 11.9. The molecule has 3 N–H and O–H groups in total. The van der Waals surface area contributed by atoms with Gasteiger partial charge in [-0.1, -0.05) is 35.3 Å². The predicted octanol–water partition coefficient (Wildman–Crippen LogP) is 4.16. The maximum atomic E-state index is 12.1. The minimum absolute atomic E-state index is 0.0667. The topological polar surface area (TPSA) is 85.2 Å². The number of phenols is 1. The Balaban J connectivity index is 2.14. The highest BCUT2D eigenvalue weighted by Gasteiger charge is 2.12. The lowest BCUT2D eigenvalue weighted by atomic mass is 10.2. The number of hydrogen-bond donors (Lipinski definition) is 3. The highest BCUT2D eigenvalue weighted by Crippen LogP contribution is 2.29. The Labute approximate surface area is 142 Å². The van der Waals surface area contributed by atoms with Crippen LogP contribution in [0.1, 0.15) is 0 Å². The van der Waals surface area contributed by atoms with Crippen molar-refractivity contribution in [1.29, 1.82) is 5.26 Å². The molecule has 2 aromatic rings. The van der Waals surface area contributed by atoms with Crippen molar-refractivity contribution in [3.63, 3.8) is 0 Å². The van der Waals surface area contributed by atoms with Crippen LogP contribution in [0.5, 0.6) is 5.75 Å². The van der Waals surface area contributed by atoms with E-state index in [1.165, 1.54) is 18.3 Å². The van der Waals surface area contributed by atoms with E-state index in [4.69, 9.17) is 28.5 Å². The largest absolute Gasteiger partial charge is 0.508 e. The first kappa shape index (κ1) is 16.7. The minimum atomic E-state index is -0.635. The fourth-order valence-electron chi connectivity index (χ4n) is 1.69. The Morgan fingerprint density at radius 3 is 2.65 bits per heavy atom. The zero-order chi connectivity index (χ0) is 16.8. The maximum Gasteiger partial charge on any atom is 0.267 e. The number of nitrogens with one attached hydrogen (secondary N) is 2. The summed E-state index contributed by atoms with van der Waals surface area (Å²) in [5, 5.41) is 24.2. The van der Waals surface area contributed by atoms with Crippen molar-refractivity contribution < 1.29 is 9.90 Å². The van der Waals surface area contributed by atoms with E-state index in [0.29, 0.717) is 16.4 Å². The average Bonchev–Trinajstić information content (AvgIpc) is 2.52. The molecule has 0 radical (unpaired) electrons. The van der Waals surface area contributed by atoms with Crippen molar-refractivity contribution in [2.45, 2.75) is 0 Å². The van der Waals surface area contributed by atoms with Crippen LogP contribution in [0.25, 0.3) is 0 Å². The third kappa shape index (κ3) is 4.39. The molecule has 2 rings (SSSR count). The Morgan fingerprint density at radius 2 is 1.96 bits per heavy atom. The van der Waals surface area contributed by atoms with Crippen LogP contribution < -0.4 is 10.6 Å². The molecule has 0 bridgehead atoms. The molecule has 5 nitrogen and oxygen atoms in total. The molecule has 0 saturated carbocycles. The van der Waals surface area contributed by atoms with Gasteiger partial charge in [0.05, 0.1) is 15.7 Å². The Hall–Kier alpha value is -2.68. The van der Waals surface area contributed by atoms with E-state index in [0.717, 1.165) is 0 Å². The molecule has 0 unspecified atom stereocenters. The Kier molecular flexibility index (Phi) is 5.47. The second kappa shape index (κ2) is 7.54. The van der Waals surface area contributed by atoms with Gasteiger partial charge < -0.3 is 15.7 Å². The van der Waals surface area contributed by atoms with E-state index in [1.54, 1.807) is 36.4 Å². The van der Waals surface area contributed by atoms with Gasteiger partial charge in [0.25, 0.3) is 5.91 Å². The molecule has 0 aliphatic rings. The zero-order valence-corrected chi connectivity index (χ0v) is 13.2. The first-order valence-electron chi connectivity index (χ1n) is 6.42. The number of benzene rings is 2. The predicted molar refractivity (Wildman–Crippen MR) is 90.5 cm³/mol. The molecule has 116 valence electrons. The van der Waals surface area contributed by atoms with E-state index in [-0.39, 0.29) is 16.3 Å². The van der Waals surface area contributed by atoms with E-state index in [1.807, 2.05) is 0 Å². The summed E-state index contributed by atoms with van der Waals surface area (Å²) in [6, 6.07) is 12.8. The lowest BCUT2D eigenvalue weighted by Crippen LogP contribution is -2.14. The number of carbonyl (C=O) groups is 1. The molecule has 1 amide bonds. The molecule has 0 atom stereocenters. The van der Waals surface area contributed by atoms with Gasteiger partial charge in [0, 0.05) is 18.0 Å². The molecule has 7 heteroatoms. The molecular weight excluding hydrogens is 337 g/mol. The molecular formula is C16H11Cl2N3O2. The lowest BCUT2D eigenvalue weighted by Gasteiger charge is -2.08. The fraction of sp³-hybridized carbons (Fsp3) is 0. The highest BCUT2D eigenvalue weighted by atomic mass is 35.5. The molecule has 2 aromatic carbocycles. The number of amides is 1. The van der Waals surface area contributed by atoms with Crippen LogP contribution in [0.4, 0.5) is 11.4 Å². The third-order valence-corrected chi connectivity index (χ3v) is 3.61. The number of carbonyl (C=O) groups excluding carboxylic acids is 1. The fourth-order valence-corrected chi connectivity index (χ4v) is 2.04. The normalized spacial score (nSPS) is 10.7. The number of hydrogen-bond acceptors (Lipinski definition) is 4. The first-order chi connectivity index (χ1) is 11.0. The van der Waals surface area contributed by atoms with Crippen LogP contribution in [0.2, 0.25) is 10.0 Å². The number of phenolic OH excluding ortho intramolecular Hbond substituents is 1. The van der Waals surface area contributed by atoms with Gasteiger partial charge in [0.1, 0.15) is 17.4 Å². The van der Waals surface area contributed by atoms with Gasteiger partial charge in [-0.25, -0.2) is 0 Å². The smallest absolute Gasteiger partial charge is 0.267 e. The van der Waals surface area contributed by atoms with E-state index < -0.39 is 5.91 Å². The first-order valence-corrected chi connectivity index (χ1v) is 7.18. The monoisotopic (exact) mass is 347 g/mol. The maximum absolute atomic E-state index is 12.1. The van der Waals surface area contributed by atoms with Crippen molar-refractivity contribution in [2.24, 2.45) is 0 Å². The summed E-state index contributed by atoms with van der Waals surface area (Å²) in [6.07, 6.45) is 1.24. The van der Waals surface area contributed by atoms with Gasteiger partial charge in [-0.15, -0.1) is 0 Å². The van der Waals surface area contributed by atoms with Gasteiger partial charge in [0.2, 0.25) is 0 Å². The summed E-state index contributed by atoms with van der Waals surface area (Å²) < 4.78 is 0. The van der Waals surface area contributed by atoms with Crippen LogP contribution in [-0.4, -0.2) is 11.0 Å². The van der Waals surface area contributed by atoms with E-state index in [2.05, 4.69) is 10.6 Å². The standard InChI is InChI=1S/C16H11Cl2N3O2/c17-13-5-2-6-14(15(13)18)21-16(23)10(8-19)9-20-11-3-1-4-12(22)7-11/h1-7,9,20,22H,(H,21,23)/b10-9-. The van der Waals surface area contributed by atoms with Gasteiger partial charge in [0.15, 0.2) is 0 Å². The van der Waals surface area contributed by atoms with Gasteiger partial charge in [-0.2, -0.15) is 5.26 Å². The van der Waals surface area contributed by atoms with Crippen molar-refractivity contribution in [3.8, 4) is 11.8 Å². The minimum Gasteiger partial charge on any atom is -0.508 e. The molecule has 23 heavy (non-hydrogen) atoms. The summed E-state index contributed by atoms with van der Waals surface area (Å²) in [6.45, 7) is 0. The van der Waals surface area contributed by atoms with Crippen molar-refractivity contribution >= 4 is 40.5 Å². The molecule has 0 heterocycles. The van der Waals surface area contributed by atoms with Crippen LogP contribution in [0.15, 0.2) is 54.2 Å². The van der Waals surface area contributed by atoms with Crippen molar-refractivity contribution in [1.82, 2.24) is 0 Å². The third-order valence-electron chi connectivity index (χ3n) is 2.79. The summed E-state index contributed by atoms with van der Waals surface area (Å²) in [4.78, 5) is 12.1. The van der Waals surface area contributed by atoms with Crippen molar-refractivity contribution in [2.75, 3.05) is 10.6 Å². The molecule has 0 fully saturated rings. The lowest BCUT2D eigenvalue weighted by molar-refractivity contribution is -0.112. The number of nitrogens with zero attached hydrogens (tertiary/aromatic N) is 1. The van der Waals surface area contributed by atoms with E-state index >= 15 is 0 Å². The SMILES string of the molecule is N#C/C(=C/Nc1cccc(O)c1)C(=O)Nc1cccc(Cl)c1Cl. The van der Waals surface area contributed by atoms with Crippen LogP contribution >= 0.6 is 23.2 Å². The Bertz CT molecular complexity index is 813. The van der Waals surface area contributed by atoms with Crippen molar-refractivity contribution in [3.05, 3.63) is 64.3 Å². The number of halogens is 2. The quantitative estimate of drug-likeness (QED) is 0.572. The average molecular weight is 348 g/mol. The number of rotatable bonds is 4. The van der Waals surface area contributed by atoms with Crippen LogP contribution in [-0.2, 0) is 4.79 Å². The second-order valence-corrected chi connectivity index (χ2v) is 5.21. The zero-order valence-electron chi connectivity index (χ0n) is 11.7. The molecule has 0 aromatic heterocycles. The molecule has 0 saturated heterocycles.